The minimum absolute atomic E-state index is 0.134. The number of benzene rings is 2. The number of sulfonamides is 1. The number of ether oxygens (including phenoxy) is 2. The summed E-state index contributed by atoms with van der Waals surface area (Å²) >= 11 is 0. The molecule has 0 fully saturated rings. The SMILES string of the molecule is COc1cc(F)c(S(=O)(=O)N(C)Cc2ccccc2)cc1OC. The molecule has 0 atom stereocenters. The first-order valence-electron chi connectivity index (χ1n) is 6.82. The zero-order valence-electron chi connectivity index (χ0n) is 13.1. The van der Waals surface area contributed by atoms with Gasteiger partial charge in [0, 0.05) is 25.7 Å². The lowest BCUT2D eigenvalue weighted by atomic mass is 10.2. The van der Waals surface area contributed by atoms with Crippen molar-refractivity contribution in [2.45, 2.75) is 11.4 Å². The first-order valence-corrected chi connectivity index (χ1v) is 8.26. The standard InChI is InChI=1S/C16H18FNO4S/c1-18(11-12-7-5-4-6-8-12)23(19,20)16-10-15(22-3)14(21-2)9-13(16)17/h4-10H,11H2,1-3H3. The summed E-state index contributed by atoms with van der Waals surface area (Å²) < 4.78 is 50.5. The third-order valence-electron chi connectivity index (χ3n) is 3.37. The third kappa shape index (κ3) is 3.62. The molecule has 0 aliphatic carbocycles. The lowest BCUT2D eigenvalue weighted by Gasteiger charge is -2.19. The maximum atomic E-state index is 14.2. The molecule has 0 heterocycles. The molecule has 0 amide bonds. The maximum absolute atomic E-state index is 14.2. The highest BCUT2D eigenvalue weighted by molar-refractivity contribution is 7.89. The van der Waals surface area contributed by atoms with Crippen molar-refractivity contribution in [3.8, 4) is 11.5 Å². The van der Waals surface area contributed by atoms with E-state index in [1.165, 1.54) is 21.3 Å². The molecule has 2 aromatic carbocycles. The first-order chi connectivity index (χ1) is 10.9. The molecule has 23 heavy (non-hydrogen) atoms. The number of hydrogen-bond acceptors (Lipinski definition) is 4. The molecular formula is C16H18FNO4S. The molecule has 7 heteroatoms. The fraction of sp³-hybridized carbons (Fsp3) is 0.250. The zero-order valence-corrected chi connectivity index (χ0v) is 13.9. The smallest absolute Gasteiger partial charge is 0.246 e. The molecule has 0 aliphatic heterocycles. The average molecular weight is 339 g/mol. The van der Waals surface area contributed by atoms with Crippen molar-refractivity contribution in [1.82, 2.24) is 4.31 Å². The summed E-state index contributed by atoms with van der Waals surface area (Å²) in [6.07, 6.45) is 0. The van der Waals surface area contributed by atoms with E-state index >= 15 is 0 Å². The second-order valence-electron chi connectivity index (χ2n) is 4.88. The molecule has 2 aromatic rings. The van der Waals surface area contributed by atoms with E-state index < -0.39 is 20.7 Å². The molecule has 0 unspecified atom stereocenters. The van der Waals surface area contributed by atoms with Crippen molar-refractivity contribution in [3.63, 3.8) is 0 Å². The van der Waals surface area contributed by atoms with Gasteiger partial charge < -0.3 is 9.47 Å². The first kappa shape index (κ1) is 17.2. The van der Waals surface area contributed by atoms with Crippen LogP contribution < -0.4 is 9.47 Å². The summed E-state index contributed by atoms with van der Waals surface area (Å²) in [4.78, 5) is -0.450. The van der Waals surface area contributed by atoms with Crippen molar-refractivity contribution in [3.05, 3.63) is 53.8 Å². The molecule has 2 rings (SSSR count). The van der Waals surface area contributed by atoms with E-state index in [0.717, 1.165) is 22.0 Å². The van der Waals surface area contributed by atoms with E-state index in [1.807, 2.05) is 18.2 Å². The summed E-state index contributed by atoms with van der Waals surface area (Å²) in [7, 11) is 0.114. The van der Waals surface area contributed by atoms with Gasteiger partial charge in [0.25, 0.3) is 0 Å². The van der Waals surface area contributed by atoms with Crippen LogP contribution in [0.25, 0.3) is 0 Å². The van der Waals surface area contributed by atoms with Gasteiger partial charge in [-0.15, -0.1) is 0 Å². The fourth-order valence-corrected chi connectivity index (χ4v) is 3.34. The fourth-order valence-electron chi connectivity index (χ4n) is 2.13. The van der Waals surface area contributed by atoms with Gasteiger partial charge in [0.05, 0.1) is 14.2 Å². The highest BCUT2D eigenvalue weighted by Gasteiger charge is 2.27. The Morgan fingerprint density at radius 3 is 2.17 bits per heavy atom. The van der Waals surface area contributed by atoms with Crippen LogP contribution in [0.5, 0.6) is 11.5 Å². The molecule has 0 N–H and O–H groups in total. The molecule has 0 spiro atoms. The van der Waals surface area contributed by atoms with Crippen molar-refractivity contribution >= 4 is 10.0 Å². The lowest BCUT2D eigenvalue weighted by molar-refractivity contribution is 0.349. The van der Waals surface area contributed by atoms with E-state index in [9.17, 15) is 12.8 Å². The Bertz CT molecular complexity index is 778. The Hall–Kier alpha value is -2.12. The molecule has 5 nitrogen and oxygen atoms in total. The van der Waals surface area contributed by atoms with Gasteiger partial charge in [0.2, 0.25) is 10.0 Å². The van der Waals surface area contributed by atoms with Crippen LogP contribution in [0.3, 0.4) is 0 Å². The van der Waals surface area contributed by atoms with E-state index in [0.29, 0.717) is 0 Å². The Morgan fingerprint density at radius 1 is 1.04 bits per heavy atom. The van der Waals surface area contributed by atoms with Gasteiger partial charge in [-0.1, -0.05) is 30.3 Å². The van der Waals surface area contributed by atoms with Gasteiger partial charge in [-0.3, -0.25) is 0 Å². The maximum Gasteiger partial charge on any atom is 0.246 e. The second kappa shape index (κ2) is 6.97. The van der Waals surface area contributed by atoms with Crippen LogP contribution in [-0.4, -0.2) is 34.0 Å². The van der Waals surface area contributed by atoms with Gasteiger partial charge in [0.1, 0.15) is 10.7 Å². The van der Waals surface area contributed by atoms with Crippen molar-refractivity contribution in [2.75, 3.05) is 21.3 Å². The van der Waals surface area contributed by atoms with E-state index in [1.54, 1.807) is 12.1 Å². The summed E-state index contributed by atoms with van der Waals surface area (Å²) in [5.74, 6) is -0.599. The second-order valence-corrected chi connectivity index (χ2v) is 6.90. The summed E-state index contributed by atoms with van der Waals surface area (Å²) in [5.41, 5.74) is 0.805. The normalized spacial score (nSPS) is 11.5. The van der Waals surface area contributed by atoms with Crippen LogP contribution in [0.4, 0.5) is 4.39 Å². The van der Waals surface area contributed by atoms with Crippen LogP contribution >= 0.6 is 0 Å². The van der Waals surface area contributed by atoms with E-state index in [-0.39, 0.29) is 18.0 Å². The number of hydrogen-bond donors (Lipinski definition) is 0. The quantitative estimate of drug-likeness (QED) is 0.812. The van der Waals surface area contributed by atoms with Gasteiger partial charge in [0.15, 0.2) is 11.5 Å². The van der Waals surface area contributed by atoms with Crippen molar-refractivity contribution in [1.29, 1.82) is 0 Å². The number of rotatable bonds is 6. The predicted molar refractivity (Wildman–Crippen MR) is 84.6 cm³/mol. The van der Waals surface area contributed by atoms with Crippen LogP contribution in [-0.2, 0) is 16.6 Å². The van der Waals surface area contributed by atoms with Crippen molar-refractivity contribution in [2.24, 2.45) is 0 Å². The lowest BCUT2D eigenvalue weighted by Crippen LogP contribution is -2.27. The Kier molecular flexibility index (Phi) is 5.23. The Morgan fingerprint density at radius 2 is 1.61 bits per heavy atom. The third-order valence-corrected chi connectivity index (χ3v) is 5.19. The topological polar surface area (TPSA) is 55.8 Å². The highest BCUT2D eigenvalue weighted by Crippen LogP contribution is 2.33. The zero-order chi connectivity index (χ0) is 17.0. The van der Waals surface area contributed by atoms with Crippen LogP contribution in [0.15, 0.2) is 47.4 Å². The molecule has 124 valence electrons. The number of halogens is 1. The molecule has 0 saturated carbocycles. The van der Waals surface area contributed by atoms with Crippen LogP contribution in [0.1, 0.15) is 5.56 Å². The number of nitrogens with zero attached hydrogens (tertiary/aromatic N) is 1. The molecule has 0 aromatic heterocycles. The van der Waals surface area contributed by atoms with Gasteiger partial charge >= 0.3 is 0 Å². The number of methoxy groups -OCH3 is 2. The molecule has 0 bridgehead atoms. The molecular weight excluding hydrogens is 321 g/mol. The Labute approximate surface area is 135 Å². The Balaban J connectivity index is 2.39. The summed E-state index contributed by atoms with van der Waals surface area (Å²) in [6, 6.07) is 11.2. The largest absolute Gasteiger partial charge is 0.493 e. The monoisotopic (exact) mass is 339 g/mol. The van der Waals surface area contributed by atoms with Gasteiger partial charge in [-0.25, -0.2) is 12.8 Å². The minimum Gasteiger partial charge on any atom is -0.493 e. The molecule has 0 saturated heterocycles. The molecule has 0 aliphatic rings. The van der Waals surface area contributed by atoms with E-state index in [4.69, 9.17) is 9.47 Å². The minimum atomic E-state index is -4.00. The summed E-state index contributed by atoms with van der Waals surface area (Å²) in [5, 5.41) is 0. The average Bonchev–Trinajstić information content (AvgIpc) is 2.55. The summed E-state index contributed by atoms with van der Waals surface area (Å²) in [6.45, 7) is 0.136. The predicted octanol–water partition coefficient (Wildman–Crippen LogP) is 2.66. The van der Waals surface area contributed by atoms with E-state index in [2.05, 4.69) is 0 Å². The van der Waals surface area contributed by atoms with Crippen molar-refractivity contribution < 1.29 is 22.3 Å². The highest BCUT2D eigenvalue weighted by atomic mass is 32.2. The van der Waals surface area contributed by atoms with Crippen LogP contribution in [0, 0.1) is 5.82 Å². The van der Waals surface area contributed by atoms with Gasteiger partial charge in [-0.2, -0.15) is 4.31 Å². The van der Waals surface area contributed by atoms with Gasteiger partial charge in [-0.05, 0) is 5.56 Å². The molecule has 0 radical (unpaired) electrons. The van der Waals surface area contributed by atoms with Crippen LogP contribution in [0.2, 0.25) is 0 Å².